The number of nitrogens with one attached hydrogen (secondary N) is 1. The van der Waals surface area contributed by atoms with Gasteiger partial charge in [-0.25, -0.2) is 0 Å². The monoisotopic (exact) mass is 257 g/mol. The summed E-state index contributed by atoms with van der Waals surface area (Å²) >= 11 is 5.87. The molecule has 1 rings (SSSR count). The van der Waals surface area contributed by atoms with Crippen LogP contribution in [0.3, 0.4) is 0 Å². The zero-order valence-electron chi connectivity index (χ0n) is 10.3. The molecule has 0 heterocycles. The van der Waals surface area contributed by atoms with Crippen LogP contribution in [0.2, 0.25) is 5.02 Å². The van der Waals surface area contributed by atoms with E-state index in [9.17, 15) is 5.11 Å². The predicted octanol–water partition coefficient (Wildman–Crippen LogP) is 2.22. The lowest BCUT2D eigenvalue weighted by Gasteiger charge is -2.14. The smallest absolute Gasteiger partial charge is 0.0897 e. The third kappa shape index (κ3) is 6.64. The number of hydrogen-bond acceptors (Lipinski definition) is 3. The zero-order chi connectivity index (χ0) is 12.7. The van der Waals surface area contributed by atoms with Crippen LogP contribution >= 0.6 is 11.6 Å². The largest absolute Gasteiger partial charge is 0.389 e. The molecule has 0 spiro atoms. The third-order valence-electron chi connectivity index (χ3n) is 2.22. The van der Waals surface area contributed by atoms with Gasteiger partial charge in [-0.2, -0.15) is 0 Å². The summed E-state index contributed by atoms with van der Waals surface area (Å²) in [5, 5.41) is 13.5. The van der Waals surface area contributed by atoms with Crippen LogP contribution in [0.1, 0.15) is 19.4 Å². The highest BCUT2D eigenvalue weighted by molar-refractivity contribution is 6.30. The van der Waals surface area contributed by atoms with Crippen molar-refractivity contribution in [2.24, 2.45) is 0 Å². The molecule has 1 aromatic carbocycles. The molecule has 0 aromatic heterocycles. The third-order valence-corrected chi connectivity index (χ3v) is 2.46. The van der Waals surface area contributed by atoms with E-state index >= 15 is 0 Å². The topological polar surface area (TPSA) is 41.5 Å². The fraction of sp³-hybridized carbons (Fsp3) is 0.538. The van der Waals surface area contributed by atoms with Crippen molar-refractivity contribution in [1.82, 2.24) is 5.32 Å². The first kappa shape index (κ1) is 14.5. The van der Waals surface area contributed by atoms with Gasteiger partial charge in [0.1, 0.15) is 0 Å². The quantitative estimate of drug-likeness (QED) is 0.787. The van der Waals surface area contributed by atoms with Gasteiger partial charge in [0, 0.05) is 18.1 Å². The van der Waals surface area contributed by atoms with E-state index in [1.807, 2.05) is 38.1 Å². The fourth-order valence-electron chi connectivity index (χ4n) is 1.39. The molecule has 0 amide bonds. The van der Waals surface area contributed by atoms with E-state index in [2.05, 4.69) is 5.32 Å². The van der Waals surface area contributed by atoms with Crippen molar-refractivity contribution in [2.45, 2.75) is 32.6 Å². The van der Waals surface area contributed by atoms with E-state index in [1.165, 1.54) is 0 Å². The number of aliphatic hydroxyl groups excluding tert-OH is 1. The van der Waals surface area contributed by atoms with Crippen LogP contribution in [0.25, 0.3) is 0 Å². The lowest BCUT2D eigenvalue weighted by Crippen LogP contribution is -2.31. The SMILES string of the molecule is CC(C)OC[C@@H](O)CNCc1cccc(Cl)c1. The molecule has 0 unspecified atom stereocenters. The minimum Gasteiger partial charge on any atom is -0.389 e. The maximum Gasteiger partial charge on any atom is 0.0897 e. The molecule has 96 valence electrons. The summed E-state index contributed by atoms with van der Waals surface area (Å²) in [6.45, 7) is 5.47. The maximum absolute atomic E-state index is 9.62. The van der Waals surface area contributed by atoms with Crippen LogP contribution < -0.4 is 5.32 Å². The molecule has 0 aliphatic carbocycles. The molecule has 2 N–H and O–H groups in total. The Morgan fingerprint density at radius 2 is 2.18 bits per heavy atom. The molecule has 0 radical (unpaired) electrons. The van der Waals surface area contributed by atoms with Crippen molar-refractivity contribution in [1.29, 1.82) is 0 Å². The summed E-state index contributed by atoms with van der Waals surface area (Å²) in [5.74, 6) is 0. The lowest BCUT2D eigenvalue weighted by atomic mass is 10.2. The van der Waals surface area contributed by atoms with E-state index in [4.69, 9.17) is 16.3 Å². The van der Waals surface area contributed by atoms with Crippen LogP contribution in [0, 0.1) is 0 Å². The predicted molar refractivity (Wildman–Crippen MR) is 70.3 cm³/mol. The second-order valence-corrected chi connectivity index (χ2v) is 4.73. The standard InChI is InChI=1S/C13H20ClNO2/c1-10(2)17-9-13(16)8-15-7-11-4-3-5-12(14)6-11/h3-6,10,13,15-16H,7-9H2,1-2H3/t13-/m0/s1. The number of rotatable bonds is 7. The average molecular weight is 258 g/mol. The van der Waals surface area contributed by atoms with Gasteiger partial charge in [-0.1, -0.05) is 23.7 Å². The molecular weight excluding hydrogens is 238 g/mol. The van der Waals surface area contributed by atoms with E-state index in [1.54, 1.807) is 0 Å². The molecule has 0 aliphatic rings. The Hall–Kier alpha value is -0.610. The Morgan fingerprint density at radius 1 is 1.41 bits per heavy atom. The summed E-state index contributed by atoms with van der Waals surface area (Å²) in [6.07, 6.45) is -0.325. The maximum atomic E-state index is 9.62. The van der Waals surface area contributed by atoms with Crippen LogP contribution in [0.5, 0.6) is 0 Å². The Labute approximate surface area is 108 Å². The van der Waals surface area contributed by atoms with Gasteiger partial charge in [0.05, 0.1) is 18.8 Å². The summed E-state index contributed by atoms with van der Waals surface area (Å²) in [7, 11) is 0. The summed E-state index contributed by atoms with van der Waals surface area (Å²) in [6, 6.07) is 7.66. The van der Waals surface area contributed by atoms with Gasteiger partial charge in [0.15, 0.2) is 0 Å². The molecule has 3 nitrogen and oxygen atoms in total. The van der Waals surface area contributed by atoms with Gasteiger partial charge < -0.3 is 15.2 Å². The molecule has 0 saturated carbocycles. The van der Waals surface area contributed by atoms with Crippen molar-refractivity contribution in [3.05, 3.63) is 34.9 Å². The Morgan fingerprint density at radius 3 is 2.82 bits per heavy atom. The Bertz CT molecular complexity index is 331. The first-order valence-electron chi connectivity index (χ1n) is 5.82. The van der Waals surface area contributed by atoms with Crippen molar-refractivity contribution in [3.63, 3.8) is 0 Å². The summed E-state index contributed by atoms with van der Waals surface area (Å²) in [5.41, 5.74) is 1.11. The Balaban J connectivity index is 2.19. The minimum atomic E-state index is -0.475. The highest BCUT2D eigenvalue weighted by Crippen LogP contribution is 2.10. The Kier molecular flexibility index (Phi) is 6.52. The van der Waals surface area contributed by atoms with Gasteiger partial charge in [-0.15, -0.1) is 0 Å². The number of hydrogen-bond donors (Lipinski definition) is 2. The number of benzene rings is 1. The number of aliphatic hydroxyl groups is 1. The second-order valence-electron chi connectivity index (χ2n) is 4.30. The molecule has 1 aromatic rings. The lowest BCUT2D eigenvalue weighted by molar-refractivity contribution is 0.00630. The summed E-state index contributed by atoms with van der Waals surface area (Å²) in [4.78, 5) is 0. The highest BCUT2D eigenvalue weighted by atomic mass is 35.5. The van der Waals surface area contributed by atoms with Crippen molar-refractivity contribution in [3.8, 4) is 0 Å². The molecule has 17 heavy (non-hydrogen) atoms. The molecule has 0 fully saturated rings. The first-order valence-corrected chi connectivity index (χ1v) is 6.20. The van der Waals surface area contributed by atoms with E-state index in [-0.39, 0.29) is 6.10 Å². The van der Waals surface area contributed by atoms with Crippen LogP contribution in [-0.2, 0) is 11.3 Å². The average Bonchev–Trinajstić information content (AvgIpc) is 2.26. The number of halogens is 1. The summed E-state index contributed by atoms with van der Waals surface area (Å²) < 4.78 is 5.31. The molecule has 4 heteroatoms. The van der Waals surface area contributed by atoms with Gasteiger partial charge in [-0.05, 0) is 31.5 Å². The first-order chi connectivity index (χ1) is 8.08. The second kappa shape index (κ2) is 7.67. The molecule has 0 bridgehead atoms. The van der Waals surface area contributed by atoms with Gasteiger partial charge in [0.2, 0.25) is 0 Å². The highest BCUT2D eigenvalue weighted by Gasteiger charge is 2.05. The van der Waals surface area contributed by atoms with E-state index < -0.39 is 6.10 Å². The van der Waals surface area contributed by atoms with Gasteiger partial charge in [-0.3, -0.25) is 0 Å². The molecule has 1 atom stereocenters. The normalized spacial score (nSPS) is 13.0. The van der Waals surface area contributed by atoms with Crippen LogP contribution in [0.15, 0.2) is 24.3 Å². The van der Waals surface area contributed by atoms with Gasteiger partial charge in [0.25, 0.3) is 0 Å². The van der Waals surface area contributed by atoms with Crippen molar-refractivity contribution >= 4 is 11.6 Å². The molecular formula is C13H20ClNO2. The molecule has 0 aliphatic heterocycles. The van der Waals surface area contributed by atoms with Gasteiger partial charge >= 0.3 is 0 Å². The molecule has 0 saturated heterocycles. The van der Waals surface area contributed by atoms with E-state index in [0.717, 1.165) is 10.6 Å². The number of ether oxygens (including phenoxy) is 1. The fourth-order valence-corrected chi connectivity index (χ4v) is 1.61. The van der Waals surface area contributed by atoms with Crippen LogP contribution in [-0.4, -0.2) is 30.5 Å². The van der Waals surface area contributed by atoms with Crippen LogP contribution in [0.4, 0.5) is 0 Å². The zero-order valence-corrected chi connectivity index (χ0v) is 11.1. The van der Waals surface area contributed by atoms with E-state index in [0.29, 0.717) is 19.7 Å². The van der Waals surface area contributed by atoms with Crippen molar-refractivity contribution in [2.75, 3.05) is 13.2 Å². The van der Waals surface area contributed by atoms with Crippen molar-refractivity contribution < 1.29 is 9.84 Å². The minimum absolute atomic E-state index is 0.151.